The number of carboxylic acids is 1. The maximum Gasteiger partial charge on any atom is 0.490 e. The van der Waals surface area contributed by atoms with E-state index in [1.165, 1.54) is 29.6 Å². The van der Waals surface area contributed by atoms with E-state index in [-0.39, 0.29) is 41.3 Å². The highest BCUT2D eigenvalue weighted by atomic mass is 32.2. The molecule has 10 nitrogen and oxygen atoms in total. The van der Waals surface area contributed by atoms with E-state index in [9.17, 15) is 30.8 Å². The van der Waals surface area contributed by atoms with Crippen molar-refractivity contribution in [3.05, 3.63) is 30.2 Å². The molecule has 1 aromatic rings. The van der Waals surface area contributed by atoms with Crippen LogP contribution in [0.2, 0.25) is 0 Å². The van der Waals surface area contributed by atoms with Crippen LogP contribution in [0.5, 0.6) is 5.88 Å². The standard InChI is InChI=1S/C17H25FN4O4S.C2HF3O2/c1-13(23)20-10-14-4-6-22(7-5-14)27(24,25)16-2-3-17(21-11-16)26-12-15(8-18)9-19;3-2(4,5)1(6)7/h2-3,8,11,14H,4-7,9-10,12,19H2,1H3,(H,20,23);(H,6,7)/b15-8+;. The molecule has 1 fully saturated rings. The molecule has 0 aromatic carbocycles. The lowest BCUT2D eigenvalue weighted by Crippen LogP contribution is -2.41. The number of hydrogen-bond acceptors (Lipinski definition) is 7. The Bertz CT molecular complexity index is 947. The van der Waals surface area contributed by atoms with E-state index in [4.69, 9.17) is 20.4 Å². The highest BCUT2D eigenvalue weighted by molar-refractivity contribution is 7.89. The summed E-state index contributed by atoms with van der Waals surface area (Å²) in [6.45, 7) is 2.80. The van der Waals surface area contributed by atoms with Gasteiger partial charge in [-0.2, -0.15) is 17.5 Å². The molecule has 1 saturated heterocycles. The minimum atomic E-state index is -5.08. The molecule has 0 atom stereocenters. The molecule has 0 spiro atoms. The Morgan fingerprint density at radius 1 is 1.32 bits per heavy atom. The fraction of sp³-hybridized carbons (Fsp3) is 0.526. The van der Waals surface area contributed by atoms with Gasteiger partial charge in [0, 0.05) is 44.7 Å². The van der Waals surface area contributed by atoms with E-state index >= 15 is 0 Å². The molecule has 1 aliphatic heterocycles. The van der Waals surface area contributed by atoms with Crippen LogP contribution in [0.1, 0.15) is 19.8 Å². The SMILES string of the molecule is CC(=O)NCC1CCN(S(=O)(=O)c2ccc(OC/C(=C/F)CN)nc2)CC1.O=C(O)C(F)(F)F. The molecule has 0 radical (unpaired) electrons. The van der Waals surface area contributed by atoms with Gasteiger partial charge < -0.3 is 20.9 Å². The van der Waals surface area contributed by atoms with E-state index in [0.717, 1.165) is 0 Å². The molecule has 4 N–H and O–H groups in total. The maximum atomic E-state index is 12.7. The Balaban J connectivity index is 0.000000718. The number of pyridine rings is 1. The number of nitrogens with zero attached hydrogens (tertiary/aromatic N) is 2. The number of piperidine rings is 1. The maximum absolute atomic E-state index is 12.7. The monoisotopic (exact) mass is 514 g/mol. The predicted molar refractivity (Wildman–Crippen MR) is 112 cm³/mol. The van der Waals surface area contributed by atoms with Gasteiger partial charge in [0.1, 0.15) is 11.5 Å². The number of sulfonamides is 1. The van der Waals surface area contributed by atoms with Crippen LogP contribution in [0.15, 0.2) is 35.1 Å². The van der Waals surface area contributed by atoms with Crippen LogP contribution < -0.4 is 15.8 Å². The number of carboxylic acid groups (broad SMARTS) is 1. The zero-order valence-corrected chi connectivity index (χ0v) is 19.0. The first-order valence-electron chi connectivity index (χ1n) is 9.93. The van der Waals surface area contributed by atoms with Crippen molar-refractivity contribution in [2.75, 3.05) is 32.8 Å². The van der Waals surface area contributed by atoms with Crippen molar-refractivity contribution >= 4 is 21.9 Å². The molecule has 0 saturated carbocycles. The third-order valence-corrected chi connectivity index (χ3v) is 6.51. The van der Waals surface area contributed by atoms with Gasteiger partial charge in [0.25, 0.3) is 0 Å². The van der Waals surface area contributed by atoms with Crippen molar-refractivity contribution in [2.24, 2.45) is 11.7 Å². The molecule has 1 aromatic heterocycles. The lowest BCUT2D eigenvalue weighted by Gasteiger charge is -2.31. The molecular formula is C19H26F4N4O6S. The zero-order valence-electron chi connectivity index (χ0n) is 18.2. The number of amides is 1. The minimum Gasteiger partial charge on any atom is -0.475 e. The summed E-state index contributed by atoms with van der Waals surface area (Å²) in [5.74, 6) is -2.38. The highest BCUT2D eigenvalue weighted by Crippen LogP contribution is 2.24. The molecule has 0 bridgehead atoms. The first-order valence-corrected chi connectivity index (χ1v) is 11.4. The number of hydrogen-bond donors (Lipinski definition) is 3. The fourth-order valence-corrected chi connectivity index (χ4v) is 4.11. The van der Waals surface area contributed by atoms with Crippen molar-refractivity contribution in [1.82, 2.24) is 14.6 Å². The summed E-state index contributed by atoms with van der Waals surface area (Å²) >= 11 is 0. The molecule has 15 heteroatoms. The Labute approximate surface area is 193 Å². The van der Waals surface area contributed by atoms with E-state index in [0.29, 0.717) is 38.8 Å². The van der Waals surface area contributed by atoms with E-state index in [1.807, 2.05) is 0 Å². The molecule has 1 amide bonds. The molecule has 34 heavy (non-hydrogen) atoms. The van der Waals surface area contributed by atoms with Gasteiger partial charge in [0.05, 0.1) is 12.5 Å². The second kappa shape index (κ2) is 13.2. The van der Waals surface area contributed by atoms with Crippen LogP contribution in [0.4, 0.5) is 17.6 Å². The number of aromatic nitrogens is 1. The average Bonchev–Trinajstić information content (AvgIpc) is 2.78. The molecule has 192 valence electrons. The normalized spacial score (nSPS) is 15.8. The number of alkyl halides is 3. The largest absolute Gasteiger partial charge is 0.490 e. The van der Waals surface area contributed by atoms with Crippen molar-refractivity contribution in [1.29, 1.82) is 0 Å². The Morgan fingerprint density at radius 3 is 2.32 bits per heavy atom. The summed E-state index contributed by atoms with van der Waals surface area (Å²) in [6.07, 6.45) is -2.10. The Hall–Kier alpha value is -2.78. The quantitative estimate of drug-likeness (QED) is 0.441. The summed E-state index contributed by atoms with van der Waals surface area (Å²) in [5, 5.41) is 9.89. The van der Waals surface area contributed by atoms with Crippen molar-refractivity contribution in [3.8, 4) is 5.88 Å². The summed E-state index contributed by atoms with van der Waals surface area (Å²) in [7, 11) is -3.64. The lowest BCUT2D eigenvalue weighted by atomic mass is 9.98. The average molecular weight is 514 g/mol. The first kappa shape index (κ1) is 29.3. The van der Waals surface area contributed by atoms with Crippen molar-refractivity contribution in [3.63, 3.8) is 0 Å². The summed E-state index contributed by atoms with van der Waals surface area (Å²) in [5.41, 5.74) is 5.61. The highest BCUT2D eigenvalue weighted by Gasteiger charge is 2.38. The molecule has 1 aliphatic rings. The lowest BCUT2D eigenvalue weighted by molar-refractivity contribution is -0.192. The number of aliphatic carboxylic acids is 1. The van der Waals surface area contributed by atoms with Crippen LogP contribution in [-0.2, 0) is 19.6 Å². The van der Waals surface area contributed by atoms with Crippen molar-refractivity contribution in [2.45, 2.75) is 30.8 Å². The smallest absolute Gasteiger partial charge is 0.475 e. The Kier molecular flexibility index (Phi) is 11.4. The number of rotatable bonds is 8. The number of halogens is 4. The van der Waals surface area contributed by atoms with Gasteiger partial charge in [-0.05, 0) is 24.8 Å². The van der Waals surface area contributed by atoms with Crippen LogP contribution in [-0.4, -0.2) is 73.7 Å². The predicted octanol–water partition coefficient (Wildman–Crippen LogP) is 1.44. The third-order valence-electron chi connectivity index (χ3n) is 4.62. The number of nitrogens with two attached hydrogens (primary N) is 1. The van der Waals surface area contributed by atoms with Gasteiger partial charge in [-0.15, -0.1) is 0 Å². The van der Waals surface area contributed by atoms with Crippen LogP contribution in [0.25, 0.3) is 0 Å². The first-order chi connectivity index (χ1) is 15.8. The van der Waals surface area contributed by atoms with E-state index < -0.39 is 22.2 Å². The zero-order chi connectivity index (χ0) is 25.9. The molecule has 2 heterocycles. The van der Waals surface area contributed by atoms with Crippen LogP contribution in [0, 0.1) is 5.92 Å². The number of nitrogens with one attached hydrogen (secondary N) is 1. The Morgan fingerprint density at radius 2 is 1.91 bits per heavy atom. The molecule has 2 rings (SSSR count). The van der Waals surface area contributed by atoms with E-state index in [1.54, 1.807) is 0 Å². The summed E-state index contributed by atoms with van der Waals surface area (Å²) in [6, 6.07) is 2.85. The van der Waals surface area contributed by atoms with Gasteiger partial charge in [0.2, 0.25) is 21.8 Å². The second-order valence-electron chi connectivity index (χ2n) is 7.18. The topological polar surface area (TPSA) is 152 Å². The summed E-state index contributed by atoms with van der Waals surface area (Å²) in [4.78, 5) is 23.9. The molecule has 0 aliphatic carbocycles. The van der Waals surface area contributed by atoms with Gasteiger partial charge in [-0.3, -0.25) is 4.79 Å². The van der Waals surface area contributed by atoms with Gasteiger partial charge in [-0.1, -0.05) is 0 Å². The minimum absolute atomic E-state index is 0.0286. The second-order valence-corrected chi connectivity index (χ2v) is 9.12. The number of ether oxygens (including phenoxy) is 1. The fourth-order valence-electron chi connectivity index (χ4n) is 2.70. The van der Waals surface area contributed by atoms with Gasteiger partial charge >= 0.3 is 12.1 Å². The summed E-state index contributed by atoms with van der Waals surface area (Å²) < 4.78 is 76.4. The molecule has 0 unspecified atom stereocenters. The van der Waals surface area contributed by atoms with Crippen molar-refractivity contribution < 1.29 is 45.4 Å². The van der Waals surface area contributed by atoms with Crippen LogP contribution in [0.3, 0.4) is 0 Å². The molecular weight excluding hydrogens is 488 g/mol. The number of carbonyl (C=O) groups is 2. The van der Waals surface area contributed by atoms with E-state index in [2.05, 4.69) is 10.3 Å². The third kappa shape index (κ3) is 9.61. The van der Waals surface area contributed by atoms with Crippen LogP contribution >= 0.6 is 0 Å². The number of carbonyl (C=O) groups excluding carboxylic acids is 1. The van der Waals surface area contributed by atoms with Gasteiger partial charge in [0.15, 0.2) is 0 Å². The van der Waals surface area contributed by atoms with Gasteiger partial charge in [-0.25, -0.2) is 22.6 Å².